The van der Waals surface area contributed by atoms with E-state index >= 15 is 0 Å². The minimum Gasteiger partial charge on any atom is -0.469 e. The molecule has 2 atom stereocenters. The van der Waals surface area contributed by atoms with E-state index in [0.717, 1.165) is 0 Å². The molecule has 1 rings (SSSR count). The summed E-state index contributed by atoms with van der Waals surface area (Å²) in [6.45, 7) is 3.81. The number of nitrogens with zero attached hydrogens (tertiary/aromatic N) is 1. The molecular formula is C8H11NO2. The number of rotatable bonds is 1. The van der Waals surface area contributed by atoms with Crippen molar-refractivity contribution in [2.45, 2.75) is 13.8 Å². The molecule has 1 aliphatic carbocycles. The lowest BCUT2D eigenvalue weighted by Gasteiger charge is -1.98. The monoisotopic (exact) mass is 153 g/mol. The van der Waals surface area contributed by atoms with Gasteiger partial charge in [0.2, 0.25) is 0 Å². The van der Waals surface area contributed by atoms with Gasteiger partial charge in [0.15, 0.2) is 0 Å². The molecule has 1 aliphatic rings. The molecule has 0 aromatic heterocycles. The van der Waals surface area contributed by atoms with Crippen LogP contribution in [-0.4, -0.2) is 13.1 Å². The summed E-state index contributed by atoms with van der Waals surface area (Å²) in [7, 11) is 1.35. The van der Waals surface area contributed by atoms with Crippen molar-refractivity contribution >= 4 is 5.97 Å². The van der Waals surface area contributed by atoms with E-state index in [0.29, 0.717) is 0 Å². The zero-order valence-electron chi connectivity index (χ0n) is 6.92. The van der Waals surface area contributed by atoms with Crippen LogP contribution in [0, 0.1) is 28.6 Å². The molecule has 0 aromatic carbocycles. The third-order valence-corrected chi connectivity index (χ3v) is 2.42. The summed E-state index contributed by atoms with van der Waals surface area (Å²) in [5.41, 5.74) is -0.179. The third kappa shape index (κ3) is 0.988. The van der Waals surface area contributed by atoms with E-state index < -0.39 is 0 Å². The Hall–Kier alpha value is -1.04. The number of methoxy groups -OCH3 is 1. The van der Waals surface area contributed by atoms with Crippen molar-refractivity contribution in [2.75, 3.05) is 7.11 Å². The van der Waals surface area contributed by atoms with Crippen LogP contribution in [0.3, 0.4) is 0 Å². The predicted molar refractivity (Wildman–Crippen MR) is 38.4 cm³/mol. The van der Waals surface area contributed by atoms with E-state index in [4.69, 9.17) is 5.26 Å². The largest absolute Gasteiger partial charge is 0.469 e. The van der Waals surface area contributed by atoms with E-state index in [9.17, 15) is 4.79 Å². The maximum Gasteiger partial charge on any atom is 0.310 e. The van der Waals surface area contributed by atoms with Gasteiger partial charge in [0.1, 0.15) is 0 Å². The van der Waals surface area contributed by atoms with Crippen molar-refractivity contribution < 1.29 is 9.53 Å². The lowest BCUT2D eigenvalue weighted by atomic mass is 10.1. The van der Waals surface area contributed by atoms with Gasteiger partial charge in [-0.05, 0) is 5.41 Å². The second-order valence-electron chi connectivity index (χ2n) is 3.43. The molecule has 0 saturated heterocycles. The number of ether oxygens (including phenoxy) is 1. The summed E-state index contributed by atoms with van der Waals surface area (Å²) in [6.07, 6.45) is 0. The Kier molecular flexibility index (Phi) is 1.63. The fourth-order valence-corrected chi connectivity index (χ4v) is 1.45. The van der Waals surface area contributed by atoms with Gasteiger partial charge in [0.05, 0.1) is 25.0 Å². The minimum absolute atomic E-state index is 0.157. The molecule has 0 aliphatic heterocycles. The first-order valence-electron chi connectivity index (χ1n) is 3.53. The highest BCUT2D eigenvalue weighted by atomic mass is 16.5. The first-order chi connectivity index (χ1) is 5.05. The van der Waals surface area contributed by atoms with Crippen molar-refractivity contribution in [3.63, 3.8) is 0 Å². The first-order valence-corrected chi connectivity index (χ1v) is 3.53. The van der Waals surface area contributed by atoms with Gasteiger partial charge in [-0.3, -0.25) is 4.79 Å². The quantitative estimate of drug-likeness (QED) is 0.527. The van der Waals surface area contributed by atoms with Crippen LogP contribution >= 0.6 is 0 Å². The van der Waals surface area contributed by atoms with Gasteiger partial charge < -0.3 is 4.74 Å². The van der Waals surface area contributed by atoms with E-state index in [1.165, 1.54) is 7.11 Å². The second kappa shape index (κ2) is 2.23. The van der Waals surface area contributed by atoms with Crippen molar-refractivity contribution in [3.05, 3.63) is 0 Å². The van der Waals surface area contributed by atoms with Crippen LogP contribution in [0.25, 0.3) is 0 Å². The Labute approximate surface area is 66.0 Å². The molecule has 0 radical (unpaired) electrons. The second-order valence-corrected chi connectivity index (χ2v) is 3.43. The molecule has 0 spiro atoms. The van der Waals surface area contributed by atoms with Gasteiger partial charge in [-0.2, -0.15) is 5.26 Å². The Morgan fingerprint density at radius 1 is 1.64 bits per heavy atom. The average Bonchev–Trinajstić information content (AvgIpc) is 2.51. The zero-order chi connectivity index (χ0) is 8.65. The van der Waals surface area contributed by atoms with Crippen LogP contribution in [0.5, 0.6) is 0 Å². The van der Waals surface area contributed by atoms with E-state index in [2.05, 4.69) is 10.8 Å². The SMILES string of the molecule is COC(=O)[C@H]1[C@H](C#N)C1(C)C. The molecule has 0 aromatic rings. The number of carbonyl (C=O) groups is 1. The Bertz CT molecular complexity index is 227. The van der Waals surface area contributed by atoms with Crippen LogP contribution in [-0.2, 0) is 9.53 Å². The third-order valence-electron chi connectivity index (χ3n) is 2.42. The molecule has 0 heterocycles. The average molecular weight is 153 g/mol. The maximum atomic E-state index is 11.0. The molecular weight excluding hydrogens is 142 g/mol. The van der Waals surface area contributed by atoms with Crippen LogP contribution in [0.2, 0.25) is 0 Å². The normalized spacial score (nSPS) is 32.2. The molecule has 0 bridgehead atoms. The first kappa shape index (κ1) is 8.06. The number of carbonyl (C=O) groups excluding carboxylic acids is 1. The zero-order valence-corrected chi connectivity index (χ0v) is 6.92. The Morgan fingerprint density at radius 2 is 2.18 bits per heavy atom. The van der Waals surface area contributed by atoms with Crippen LogP contribution in [0.4, 0.5) is 0 Å². The van der Waals surface area contributed by atoms with Crippen molar-refractivity contribution in [1.82, 2.24) is 0 Å². The summed E-state index contributed by atoms with van der Waals surface area (Å²) < 4.78 is 4.55. The van der Waals surface area contributed by atoms with Crippen molar-refractivity contribution in [3.8, 4) is 6.07 Å². The highest BCUT2D eigenvalue weighted by Gasteiger charge is 2.63. The van der Waals surface area contributed by atoms with Crippen molar-refractivity contribution in [1.29, 1.82) is 5.26 Å². The summed E-state index contributed by atoms with van der Waals surface area (Å²) in [4.78, 5) is 11.0. The fraction of sp³-hybridized carbons (Fsp3) is 0.750. The number of esters is 1. The van der Waals surface area contributed by atoms with E-state index in [1.54, 1.807) is 0 Å². The smallest absolute Gasteiger partial charge is 0.310 e. The summed E-state index contributed by atoms with van der Waals surface area (Å²) in [6, 6.07) is 2.09. The number of nitriles is 1. The summed E-state index contributed by atoms with van der Waals surface area (Å²) >= 11 is 0. The van der Waals surface area contributed by atoms with Gasteiger partial charge in [-0.15, -0.1) is 0 Å². The summed E-state index contributed by atoms with van der Waals surface area (Å²) in [5, 5.41) is 8.60. The standard InChI is InChI=1S/C8H11NO2/c1-8(2)5(4-9)6(8)7(10)11-3/h5-6H,1-3H3/t5-,6+/m0/s1. The highest BCUT2D eigenvalue weighted by Crippen LogP contribution is 2.58. The topological polar surface area (TPSA) is 50.1 Å². The van der Waals surface area contributed by atoms with Gasteiger partial charge in [-0.25, -0.2) is 0 Å². The minimum atomic E-state index is -0.262. The molecule has 3 heteroatoms. The molecule has 60 valence electrons. The molecule has 0 N–H and O–H groups in total. The van der Waals surface area contributed by atoms with Gasteiger partial charge >= 0.3 is 5.97 Å². The van der Waals surface area contributed by atoms with Crippen LogP contribution in [0.1, 0.15) is 13.8 Å². The number of hydrogen-bond donors (Lipinski definition) is 0. The van der Waals surface area contributed by atoms with Crippen LogP contribution in [0.15, 0.2) is 0 Å². The number of hydrogen-bond acceptors (Lipinski definition) is 3. The van der Waals surface area contributed by atoms with E-state index in [1.807, 2.05) is 13.8 Å². The maximum absolute atomic E-state index is 11.0. The molecule has 3 nitrogen and oxygen atoms in total. The lowest BCUT2D eigenvalue weighted by Crippen LogP contribution is -2.07. The van der Waals surface area contributed by atoms with Gasteiger partial charge in [-0.1, -0.05) is 13.8 Å². The highest BCUT2D eigenvalue weighted by molar-refractivity contribution is 5.78. The Morgan fingerprint density at radius 3 is 2.45 bits per heavy atom. The molecule has 0 amide bonds. The predicted octanol–water partition coefficient (Wildman–Crippen LogP) is 0.955. The van der Waals surface area contributed by atoms with Gasteiger partial charge in [0.25, 0.3) is 0 Å². The fourth-order valence-electron chi connectivity index (χ4n) is 1.45. The Balaban J connectivity index is 2.68. The lowest BCUT2D eigenvalue weighted by molar-refractivity contribution is -0.143. The molecule has 11 heavy (non-hydrogen) atoms. The molecule has 1 saturated carbocycles. The molecule has 1 fully saturated rings. The van der Waals surface area contributed by atoms with E-state index in [-0.39, 0.29) is 23.2 Å². The van der Waals surface area contributed by atoms with Crippen molar-refractivity contribution in [2.24, 2.45) is 17.3 Å². The summed E-state index contributed by atoms with van der Waals surface area (Å²) in [5.74, 6) is -0.631. The van der Waals surface area contributed by atoms with Gasteiger partial charge in [0, 0.05) is 0 Å². The molecule has 0 unspecified atom stereocenters. The van der Waals surface area contributed by atoms with Crippen LogP contribution < -0.4 is 0 Å².